The number of amides is 1. The molecule has 0 radical (unpaired) electrons. The summed E-state index contributed by atoms with van der Waals surface area (Å²) in [6.45, 7) is 1.71. The van der Waals surface area contributed by atoms with E-state index in [0.717, 1.165) is 0 Å². The number of hydrogen-bond acceptors (Lipinski definition) is 3. The molecule has 0 aromatic carbocycles. The second-order valence-corrected chi connectivity index (χ2v) is 4.24. The summed E-state index contributed by atoms with van der Waals surface area (Å²) in [6.07, 6.45) is -4.81. The molecular formula is C11H18F3NO4. The number of alkyl halides is 3. The van der Waals surface area contributed by atoms with E-state index in [1.165, 1.54) is 4.90 Å². The molecule has 0 saturated carbocycles. The van der Waals surface area contributed by atoms with Gasteiger partial charge in [-0.3, -0.25) is 9.59 Å². The fourth-order valence-electron chi connectivity index (χ4n) is 1.38. The molecule has 1 N–H and O–H groups in total. The van der Waals surface area contributed by atoms with Crippen molar-refractivity contribution in [2.75, 3.05) is 19.8 Å². The van der Waals surface area contributed by atoms with E-state index in [1.807, 2.05) is 0 Å². The average molecular weight is 285 g/mol. The lowest BCUT2D eigenvalue weighted by molar-refractivity contribution is -0.175. The van der Waals surface area contributed by atoms with Crippen molar-refractivity contribution in [3.05, 3.63) is 0 Å². The first-order valence-corrected chi connectivity index (χ1v) is 5.79. The number of hydrogen-bond donors (Lipinski definition) is 1. The highest BCUT2D eigenvalue weighted by molar-refractivity contribution is 5.77. The molecule has 0 unspecified atom stereocenters. The maximum absolute atomic E-state index is 11.8. The molecule has 112 valence electrons. The van der Waals surface area contributed by atoms with Crippen molar-refractivity contribution in [3.8, 4) is 0 Å². The quantitative estimate of drug-likeness (QED) is 0.689. The predicted octanol–water partition coefficient (Wildman–Crippen LogP) is 1.67. The highest BCUT2D eigenvalue weighted by Crippen LogP contribution is 2.14. The summed E-state index contributed by atoms with van der Waals surface area (Å²) < 4.78 is 39.7. The van der Waals surface area contributed by atoms with E-state index in [-0.39, 0.29) is 32.0 Å². The highest BCUT2D eigenvalue weighted by Gasteiger charge is 2.27. The standard InChI is InChI=1S/C11H18F3NO4/c1-8(2)15(5-3-10(17)18)9(16)4-6-19-7-11(12,13)14/h8H,3-7H2,1-2H3,(H,17,18). The van der Waals surface area contributed by atoms with E-state index >= 15 is 0 Å². The van der Waals surface area contributed by atoms with Crippen LogP contribution in [0.2, 0.25) is 0 Å². The molecule has 0 spiro atoms. The van der Waals surface area contributed by atoms with Gasteiger partial charge < -0.3 is 14.7 Å². The van der Waals surface area contributed by atoms with Gasteiger partial charge in [0, 0.05) is 12.6 Å². The Hall–Kier alpha value is -1.31. The molecule has 0 aliphatic heterocycles. The minimum atomic E-state index is -4.41. The van der Waals surface area contributed by atoms with Gasteiger partial charge in [0.15, 0.2) is 0 Å². The summed E-state index contributed by atoms with van der Waals surface area (Å²) in [4.78, 5) is 23.4. The Kier molecular flexibility index (Phi) is 7.43. The Labute approximate surface area is 109 Å². The fraction of sp³-hybridized carbons (Fsp3) is 0.818. The molecule has 0 saturated heterocycles. The molecule has 1 amide bonds. The predicted molar refractivity (Wildman–Crippen MR) is 60.6 cm³/mol. The molecule has 0 bridgehead atoms. The summed E-state index contributed by atoms with van der Waals surface area (Å²) in [5.41, 5.74) is 0. The molecule has 5 nitrogen and oxygen atoms in total. The zero-order chi connectivity index (χ0) is 15.1. The number of halogens is 3. The Balaban J connectivity index is 4.08. The van der Waals surface area contributed by atoms with Gasteiger partial charge in [0.2, 0.25) is 5.91 Å². The van der Waals surface area contributed by atoms with Crippen LogP contribution in [0.4, 0.5) is 13.2 Å². The third-order valence-corrected chi connectivity index (χ3v) is 2.24. The number of nitrogens with zero attached hydrogens (tertiary/aromatic N) is 1. The van der Waals surface area contributed by atoms with Crippen LogP contribution in [0.1, 0.15) is 26.7 Å². The van der Waals surface area contributed by atoms with E-state index in [9.17, 15) is 22.8 Å². The molecule has 0 rings (SSSR count). The molecule has 0 fully saturated rings. The van der Waals surface area contributed by atoms with Crippen molar-refractivity contribution in [2.45, 2.75) is 38.9 Å². The molecule has 0 heterocycles. The first kappa shape index (κ1) is 17.7. The third-order valence-electron chi connectivity index (χ3n) is 2.24. The lowest BCUT2D eigenvalue weighted by atomic mass is 10.2. The van der Waals surface area contributed by atoms with E-state index in [1.54, 1.807) is 13.8 Å². The molecule has 8 heteroatoms. The molecule has 0 atom stereocenters. The molecule has 0 aliphatic rings. The van der Waals surface area contributed by atoms with Crippen molar-refractivity contribution in [1.29, 1.82) is 0 Å². The SMILES string of the molecule is CC(C)N(CCC(=O)O)C(=O)CCOCC(F)(F)F. The summed E-state index contributed by atoms with van der Waals surface area (Å²) in [6, 6.07) is -0.213. The van der Waals surface area contributed by atoms with Crippen LogP contribution in [0.3, 0.4) is 0 Å². The van der Waals surface area contributed by atoms with Gasteiger partial charge in [0.25, 0.3) is 0 Å². The van der Waals surface area contributed by atoms with Crippen LogP contribution in [0.25, 0.3) is 0 Å². The van der Waals surface area contributed by atoms with Crippen LogP contribution in [-0.4, -0.2) is 53.9 Å². The monoisotopic (exact) mass is 285 g/mol. The Bertz CT molecular complexity index is 305. The van der Waals surface area contributed by atoms with Gasteiger partial charge in [-0.2, -0.15) is 13.2 Å². The fourth-order valence-corrected chi connectivity index (χ4v) is 1.38. The third kappa shape index (κ3) is 9.29. The van der Waals surface area contributed by atoms with Crippen LogP contribution in [0.15, 0.2) is 0 Å². The van der Waals surface area contributed by atoms with Crippen molar-refractivity contribution >= 4 is 11.9 Å². The van der Waals surface area contributed by atoms with Gasteiger partial charge in [0.1, 0.15) is 6.61 Å². The summed E-state index contributed by atoms with van der Waals surface area (Å²) in [7, 11) is 0. The lowest BCUT2D eigenvalue weighted by Gasteiger charge is -2.26. The number of carbonyl (C=O) groups excluding carboxylic acids is 1. The van der Waals surface area contributed by atoms with Crippen LogP contribution in [0, 0.1) is 0 Å². The van der Waals surface area contributed by atoms with E-state index < -0.39 is 24.7 Å². The summed E-state index contributed by atoms with van der Waals surface area (Å²) in [5.74, 6) is -1.45. The summed E-state index contributed by atoms with van der Waals surface area (Å²) in [5, 5.41) is 8.54. The van der Waals surface area contributed by atoms with Gasteiger partial charge in [-0.05, 0) is 13.8 Å². The van der Waals surface area contributed by atoms with Crippen LogP contribution < -0.4 is 0 Å². The van der Waals surface area contributed by atoms with E-state index in [0.29, 0.717) is 0 Å². The number of carbonyl (C=O) groups is 2. The molecule has 19 heavy (non-hydrogen) atoms. The Morgan fingerprint density at radius 3 is 2.26 bits per heavy atom. The largest absolute Gasteiger partial charge is 0.481 e. The zero-order valence-corrected chi connectivity index (χ0v) is 10.9. The van der Waals surface area contributed by atoms with E-state index in [2.05, 4.69) is 4.74 Å². The maximum atomic E-state index is 11.8. The molecular weight excluding hydrogens is 267 g/mol. The highest BCUT2D eigenvalue weighted by atomic mass is 19.4. The number of aliphatic carboxylic acids is 1. The first-order chi connectivity index (χ1) is 8.63. The number of ether oxygens (including phenoxy) is 1. The minimum Gasteiger partial charge on any atom is -0.481 e. The topological polar surface area (TPSA) is 66.8 Å². The van der Waals surface area contributed by atoms with Crippen LogP contribution >= 0.6 is 0 Å². The van der Waals surface area contributed by atoms with Gasteiger partial charge >= 0.3 is 12.1 Å². The second kappa shape index (κ2) is 7.98. The lowest BCUT2D eigenvalue weighted by Crippen LogP contribution is -2.39. The Morgan fingerprint density at radius 1 is 1.26 bits per heavy atom. The number of rotatable bonds is 8. The van der Waals surface area contributed by atoms with E-state index in [4.69, 9.17) is 5.11 Å². The van der Waals surface area contributed by atoms with Crippen LogP contribution in [-0.2, 0) is 14.3 Å². The van der Waals surface area contributed by atoms with Gasteiger partial charge in [0.05, 0.1) is 19.4 Å². The Morgan fingerprint density at radius 2 is 1.84 bits per heavy atom. The number of carboxylic acids is 1. The van der Waals surface area contributed by atoms with Gasteiger partial charge in [-0.15, -0.1) is 0 Å². The normalized spacial score (nSPS) is 11.7. The number of carboxylic acid groups (broad SMARTS) is 1. The van der Waals surface area contributed by atoms with Gasteiger partial charge in [-0.1, -0.05) is 0 Å². The zero-order valence-electron chi connectivity index (χ0n) is 10.9. The molecule has 0 aromatic rings. The van der Waals surface area contributed by atoms with Crippen molar-refractivity contribution in [1.82, 2.24) is 4.90 Å². The maximum Gasteiger partial charge on any atom is 0.411 e. The first-order valence-electron chi connectivity index (χ1n) is 5.79. The van der Waals surface area contributed by atoms with Gasteiger partial charge in [-0.25, -0.2) is 0 Å². The van der Waals surface area contributed by atoms with Crippen LogP contribution in [0.5, 0.6) is 0 Å². The van der Waals surface area contributed by atoms with Crippen molar-refractivity contribution < 1.29 is 32.6 Å². The summed E-state index contributed by atoms with van der Waals surface area (Å²) >= 11 is 0. The molecule has 0 aromatic heterocycles. The average Bonchev–Trinajstić information content (AvgIpc) is 2.22. The van der Waals surface area contributed by atoms with Crippen molar-refractivity contribution in [2.24, 2.45) is 0 Å². The molecule has 0 aliphatic carbocycles. The second-order valence-electron chi connectivity index (χ2n) is 4.24. The minimum absolute atomic E-state index is 0.0328. The van der Waals surface area contributed by atoms with Crippen molar-refractivity contribution in [3.63, 3.8) is 0 Å². The smallest absolute Gasteiger partial charge is 0.411 e.